The van der Waals surface area contributed by atoms with Gasteiger partial charge in [-0.2, -0.15) is 0 Å². The normalized spacial score (nSPS) is 11.5. The van der Waals surface area contributed by atoms with Gasteiger partial charge in [0.2, 0.25) is 0 Å². The minimum absolute atomic E-state index is 0. The van der Waals surface area contributed by atoms with Gasteiger partial charge in [-0.3, -0.25) is 0 Å². The van der Waals surface area contributed by atoms with Crippen molar-refractivity contribution in [3.63, 3.8) is 0 Å². The summed E-state index contributed by atoms with van der Waals surface area (Å²) in [5.74, 6) is 0.861. The van der Waals surface area contributed by atoms with E-state index in [1.807, 2.05) is 55.5 Å². The maximum Gasteiger partial charge on any atom is 0.119 e. The van der Waals surface area contributed by atoms with Crippen LogP contribution >= 0.6 is 24.0 Å². The molecule has 0 aliphatic heterocycles. The van der Waals surface area contributed by atoms with E-state index in [-0.39, 0.29) is 18.4 Å². The average molecular weight is 298 g/mol. The lowest BCUT2D eigenvalue weighted by Crippen LogP contribution is -2.11. The Balaban J connectivity index is 0.00000180. The van der Waals surface area contributed by atoms with Gasteiger partial charge in [-0.15, -0.1) is 12.4 Å². The molecule has 0 saturated carbocycles. The van der Waals surface area contributed by atoms with Crippen LogP contribution in [0.3, 0.4) is 0 Å². The molecule has 0 heterocycles. The predicted octanol–water partition coefficient (Wildman–Crippen LogP) is 4.21. The van der Waals surface area contributed by atoms with Gasteiger partial charge in [-0.1, -0.05) is 35.9 Å². The SMILES string of the molecule is CCOc1ccc(C(N)c2cccc(Cl)c2)cc1.Cl. The van der Waals surface area contributed by atoms with Gasteiger partial charge in [0.25, 0.3) is 0 Å². The second-order valence-electron chi connectivity index (χ2n) is 4.03. The highest BCUT2D eigenvalue weighted by molar-refractivity contribution is 6.30. The van der Waals surface area contributed by atoms with E-state index in [0.717, 1.165) is 16.9 Å². The molecule has 0 saturated heterocycles. The molecule has 0 bridgehead atoms. The molecule has 19 heavy (non-hydrogen) atoms. The Bertz CT molecular complexity index is 514. The minimum Gasteiger partial charge on any atom is -0.494 e. The van der Waals surface area contributed by atoms with E-state index in [1.165, 1.54) is 0 Å². The number of benzene rings is 2. The first kappa shape index (κ1) is 15.8. The van der Waals surface area contributed by atoms with E-state index in [2.05, 4.69) is 0 Å². The molecule has 2 N–H and O–H groups in total. The van der Waals surface area contributed by atoms with Crippen LogP contribution in [-0.2, 0) is 0 Å². The van der Waals surface area contributed by atoms with E-state index in [9.17, 15) is 0 Å². The average Bonchev–Trinajstić information content (AvgIpc) is 2.39. The Hall–Kier alpha value is -1.22. The third-order valence-corrected chi connectivity index (χ3v) is 2.99. The van der Waals surface area contributed by atoms with Crippen molar-refractivity contribution in [1.82, 2.24) is 0 Å². The van der Waals surface area contributed by atoms with Gasteiger partial charge in [0.15, 0.2) is 0 Å². The Morgan fingerprint density at radius 2 is 1.79 bits per heavy atom. The summed E-state index contributed by atoms with van der Waals surface area (Å²) in [5.41, 5.74) is 8.26. The fourth-order valence-electron chi connectivity index (χ4n) is 1.83. The van der Waals surface area contributed by atoms with E-state index >= 15 is 0 Å². The molecule has 4 heteroatoms. The molecule has 2 nitrogen and oxygen atoms in total. The minimum atomic E-state index is -0.167. The van der Waals surface area contributed by atoms with Gasteiger partial charge < -0.3 is 10.5 Å². The summed E-state index contributed by atoms with van der Waals surface area (Å²) in [6, 6.07) is 15.3. The summed E-state index contributed by atoms with van der Waals surface area (Å²) < 4.78 is 5.40. The maximum atomic E-state index is 6.21. The van der Waals surface area contributed by atoms with Crippen LogP contribution < -0.4 is 10.5 Å². The highest BCUT2D eigenvalue weighted by Crippen LogP contribution is 2.23. The molecule has 0 aliphatic carbocycles. The highest BCUT2D eigenvalue weighted by atomic mass is 35.5. The van der Waals surface area contributed by atoms with Gasteiger partial charge in [0.05, 0.1) is 12.6 Å². The summed E-state index contributed by atoms with van der Waals surface area (Å²) >= 11 is 5.97. The van der Waals surface area contributed by atoms with Crippen LogP contribution in [0.25, 0.3) is 0 Å². The first-order chi connectivity index (χ1) is 8.70. The number of hydrogen-bond donors (Lipinski definition) is 1. The van der Waals surface area contributed by atoms with Crippen LogP contribution in [0, 0.1) is 0 Å². The van der Waals surface area contributed by atoms with Crippen LogP contribution in [-0.4, -0.2) is 6.61 Å². The Morgan fingerprint density at radius 3 is 2.37 bits per heavy atom. The molecule has 2 aromatic carbocycles. The molecule has 0 aliphatic rings. The van der Waals surface area contributed by atoms with Crippen LogP contribution in [0.5, 0.6) is 5.75 Å². The molecule has 1 unspecified atom stereocenters. The smallest absolute Gasteiger partial charge is 0.119 e. The van der Waals surface area contributed by atoms with Crippen molar-refractivity contribution in [3.8, 4) is 5.75 Å². The van der Waals surface area contributed by atoms with E-state index < -0.39 is 0 Å². The number of nitrogens with two attached hydrogens (primary N) is 1. The van der Waals surface area contributed by atoms with Crippen molar-refractivity contribution >= 4 is 24.0 Å². The van der Waals surface area contributed by atoms with Crippen molar-refractivity contribution < 1.29 is 4.74 Å². The summed E-state index contributed by atoms with van der Waals surface area (Å²) in [4.78, 5) is 0. The third-order valence-electron chi connectivity index (χ3n) is 2.76. The molecule has 0 radical (unpaired) electrons. The summed E-state index contributed by atoms with van der Waals surface area (Å²) in [6.07, 6.45) is 0. The summed E-state index contributed by atoms with van der Waals surface area (Å²) in [5, 5.41) is 0.703. The zero-order valence-electron chi connectivity index (χ0n) is 10.7. The zero-order chi connectivity index (χ0) is 13.0. The number of hydrogen-bond acceptors (Lipinski definition) is 2. The maximum absolute atomic E-state index is 6.21. The first-order valence-corrected chi connectivity index (χ1v) is 6.32. The summed E-state index contributed by atoms with van der Waals surface area (Å²) in [7, 11) is 0. The zero-order valence-corrected chi connectivity index (χ0v) is 12.2. The topological polar surface area (TPSA) is 35.2 Å². The van der Waals surface area contributed by atoms with Gasteiger partial charge >= 0.3 is 0 Å². The fraction of sp³-hybridized carbons (Fsp3) is 0.200. The van der Waals surface area contributed by atoms with Crippen molar-refractivity contribution in [3.05, 3.63) is 64.7 Å². The highest BCUT2D eigenvalue weighted by Gasteiger charge is 2.09. The van der Waals surface area contributed by atoms with Gasteiger partial charge in [-0.25, -0.2) is 0 Å². The van der Waals surface area contributed by atoms with Crippen LogP contribution in [0.1, 0.15) is 24.1 Å². The Morgan fingerprint density at radius 1 is 1.11 bits per heavy atom. The van der Waals surface area contributed by atoms with Crippen molar-refractivity contribution in [1.29, 1.82) is 0 Å². The lowest BCUT2D eigenvalue weighted by Gasteiger charge is -2.13. The molecular formula is C15H17Cl2NO. The molecule has 0 fully saturated rings. The Kier molecular flexibility index (Phi) is 6.16. The van der Waals surface area contributed by atoms with Crippen LogP contribution in [0.2, 0.25) is 5.02 Å². The molecule has 2 rings (SSSR count). The van der Waals surface area contributed by atoms with Crippen molar-refractivity contribution in [2.75, 3.05) is 6.61 Å². The fourth-order valence-corrected chi connectivity index (χ4v) is 2.03. The van der Waals surface area contributed by atoms with Gasteiger partial charge in [0, 0.05) is 5.02 Å². The lowest BCUT2D eigenvalue weighted by atomic mass is 10.00. The monoisotopic (exact) mass is 297 g/mol. The van der Waals surface area contributed by atoms with Gasteiger partial charge in [0.1, 0.15) is 5.75 Å². The molecule has 0 spiro atoms. The standard InChI is InChI=1S/C15H16ClNO.ClH/c1-2-18-14-8-6-11(7-9-14)15(17)12-4-3-5-13(16)10-12;/h3-10,15H,2,17H2,1H3;1H. The molecule has 1 atom stereocenters. The molecule has 0 amide bonds. The van der Waals surface area contributed by atoms with Crippen molar-refractivity contribution in [2.24, 2.45) is 5.73 Å². The Labute approximate surface area is 124 Å². The van der Waals surface area contributed by atoms with Crippen LogP contribution in [0.15, 0.2) is 48.5 Å². The quantitative estimate of drug-likeness (QED) is 0.917. The first-order valence-electron chi connectivity index (χ1n) is 5.94. The number of rotatable bonds is 4. The molecular weight excluding hydrogens is 281 g/mol. The molecule has 2 aromatic rings. The predicted molar refractivity (Wildman–Crippen MR) is 82.3 cm³/mol. The van der Waals surface area contributed by atoms with Gasteiger partial charge in [-0.05, 0) is 42.3 Å². The van der Waals surface area contributed by atoms with Crippen LogP contribution in [0.4, 0.5) is 0 Å². The van der Waals surface area contributed by atoms with E-state index in [0.29, 0.717) is 11.6 Å². The molecule has 0 aromatic heterocycles. The van der Waals surface area contributed by atoms with Crippen molar-refractivity contribution in [2.45, 2.75) is 13.0 Å². The van der Waals surface area contributed by atoms with E-state index in [1.54, 1.807) is 0 Å². The summed E-state index contributed by atoms with van der Waals surface area (Å²) in [6.45, 7) is 2.63. The second-order valence-corrected chi connectivity index (χ2v) is 4.47. The largest absolute Gasteiger partial charge is 0.494 e. The number of halogens is 2. The lowest BCUT2D eigenvalue weighted by molar-refractivity contribution is 0.340. The third kappa shape index (κ3) is 4.13. The second kappa shape index (κ2) is 7.39. The molecule has 102 valence electrons. The number of ether oxygens (including phenoxy) is 1. The van der Waals surface area contributed by atoms with E-state index in [4.69, 9.17) is 22.1 Å².